The van der Waals surface area contributed by atoms with Crippen LogP contribution < -0.4 is 35.7 Å². The fraction of sp³-hybridized carbons (Fsp3) is 0.292. The number of ether oxygens (including phenoxy) is 3. The van der Waals surface area contributed by atoms with Crippen LogP contribution in [0.4, 0.5) is 17.3 Å². The van der Waals surface area contributed by atoms with Gasteiger partial charge in [-0.1, -0.05) is 18.2 Å². The summed E-state index contributed by atoms with van der Waals surface area (Å²) in [4.78, 5) is 25.7. The molecule has 5 rings (SSSR count). The van der Waals surface area contributed by atoms with Crippen molar-refractivity contribution < 1.29 is 19.0 Å². The lowest BCUT2D eigenvalue weighted by molar-refractivity contribution is 0.0959. The Morgan fingerprint density at radius 2 is 1.89 bits per heavy atom. The average molecular weight is 478 g/mol. The summed E-state index contributed by atoms with van der Waals surface area (Å²) in [6.45, 7) is 4.33. The van der Waals surface area contributed by atoms with E-state index in [1.165, 1.54) is 19.0 Å². The number of piperazine rings is 1. The summed E-state index contributed by atoms with van der Waals surface area (Å²) in [7, 11) is 1.52. The largest absolute Gasteiger partial charge is 0.496 e. The van der Waals surface area contributed by atoms with E-state index in [1.54, 1.807) is 24.3 Å². The Kier molecular flexibility index (Phi) is 6.40. The number of carbonyl (C=O) groups is 1. The van der Waals surface area contributed by atoms with Crippen molar-refractivity contribution in [2.75, 3.05) is 56.1 Å². The lowest BCUT2D eigenvalue weighted by Crippen LogP contribution is -2.46. The Bertz CT molecular complexity index is 1210. The van der Waals surface area contributed by atoms with Gasteiger partial charge in [0.25, 0.3) is 5.91 Å². The SMILES string of the molecule is COc1ccccc1C(=O)NNc1ncnc(N2CCN(Cc3ccc4c(c3)OCO4)CC2)c1N. The number of para-hydroxylation sites is 1. The number of nitrogens with two attached hydrogens (primary N) is 1. The van der Waals surface area contributed by atoms with E-state index in [2.05, 4.69) is 36.7 Å². The molecule has 0 unspecified atom stereocenters. The van der Waals surface area contributed by atoms with Gasteiger partial charge in [0, 0.05) is 32.7 Å². The Morgan fingerprint density at radius 3 is 2.71 bits per heavy atom. The van der Waals surface area contributed by atoms with Gasteiger partial charge < -0.3 is 24.8 Å². The van der Waals surface area contributed by atoms with Crippen molar-refractivity contribution in [3.8, 4) is 17.2 Å². The molecule has 2 aromatic carbocycles. The van der Waals surface area contributed by atoms with Gasteiger partial charge >= 0.3 is 0 Å². The van der Waals surface area contributed by atoms with Crippen molar-refractivity contribution in [3.05, 3.63) is 59.9 Å². The van der Waals surface area contributed by atoms with Crippen LogP contribution in [0.15, 0.2) is 48.8 Å². The molecule has 11 nitrogen and oxygen atoms in total. The number of methoxy groups -OCH3 is 1. The van der Waals surface area contributed by atoms with Gasteiger partial charge in [-0.15, -0.1) is 0 Å². The van der Waals surface area contributed by atoms with E-state index in [0.29, 0.717) is 28.6 Å². The number of hydrogen-bond acceptors (Lipinski definition) is 10. The van der Waals surface area contributed by atoms with Crippen molar-refractivity contribution >= 4 is 23.2 Å². The van der Waals surface area contributed by atoms with Crippen LogP contribution in [0.25, 0.3) is 0 Å². The average Bonchev–Trinajstić information content (AvgIpc) is 3.36. The number of benzene rings is 2. The number of hydrogen-bond donors (Lipinski definition) is 3. The Labute approximate surface area is 202 Å². The van der Waals surface area contributed by atoms with Crippen molar-refractivity contribution in [2.24, 2.45) is 0 Å². The monoisotopic (exact) mass is 477 g/mol. The van der Waals surface area contributed by atoms with Gasteiger partial charge in [-0.2, -0.15) is 0 Å². The molecule has 1 fully saturated rings. The van der Waals surface area contributed by atoms with Gasteiger partial charge in [0.15, 0.2) is 23.1 Å². The topological polar surface area (TPSA) is 127 Å². The Balaban J connectivity index is 1.19. The first-order valence-corrected chi connectivity index (χ1v) is 11.3. The molecule has 182 valence electrons. The van der Waals surface area contributed by atoms with Crippen molar-refractivity contribution in [1.82, 2.24) is 20.3 Å². The van der Waals surface area contributed by atoms with Crippen LogP contribution in [0.1, 0.15) is 15.9 Å². The number of amides is 1. The first kappa shape index (κ1) is 22.5. The molecule has 2 aliphatic heterocycles. The summed E-state index contributed by atoms with van der Waals surface area (Å²) >= 11 is 0. The highest BCUT2D eigenvalue weighted by Crippen LogP contribution is 2.33. The molecule has 3 aromatic rings. The molecule has 4 N–H and O–H groups in total. The molecule has 2 aliphatic rings. The maximum Gasteiger partial charge on any atom is 0.273 e. The van der Waals surface area contributed by atoms with Crippen LogP contribution >= 0.6 is 0 Å². The van der Waals surface area contributed by atoms with E-state index in [9.17, 15) is 4.79 Å². The molecule has 3 heterocycles. The lowest BCUT2D eigenvalue weighted by Gasteiger charge is -2.36. The highest BCUT2D eigenvalue weighted by atomic mass is 16.7. The van der Waals surface area contributed by atoms with E-state index in [0.717, 1.165) is 44.2 Å². The third-order valence-electron chi connectivity index (χ3n) is 6.02. The number of rotatable bonds is 7. The normalized spacial score (nSPS) is 15.1. The summed E-state index contributed by atoms with van der Waals surface area (Å²) in [6, 6.07) is 13.0. The highest BCUT2D eigenvalue weighted by molar-refractivity contribution is 5.97. The van der Waals surface area contributed by atoms with Gasteiger partial charge in [0.1, 0.15) is 17.8 Å². The van der Waals surface area contributed by atoms with E-state index in [4.69, 9.17) is 19.9 Å². The van der Waals surface area contributed by atoms with Gasteiger partial charge in [0.05, 0.1) is 12.7 Å². The predicted octanol–water partition coefficient (Wildman–Crippen LogP) is 1.88. The molecule has 0 atom stereocenters. The molecule has 1 aromatic heterocycles. The summed E-state index contributed by atoms with van der Waals surface area (Å²) in [6.07, 6.45) is 1.43. The third-order valence-corrected chi connectivity index (χ3v) is 6.02. The molecule has 0 spiro atoms. The Morgan fingerprint density at radius 1 is 1.09 bits per heavy atom. The smallest absolute Gasteiger partial charge is 0.273 e. The van der Waals surface area contributed by atoms with Gasteiger partial charge in [-0.3, -0.25) is 20.5 Å². The predicted molar refractivity (Wildman–Crippen MR) is 131 cm³/mol. The number of anilines is 3. The molecule has 1 saturated heterocycles. The lowest BCUT2D eigenvalue weighted by atomic mass is 10.1. The van der Waals surface area contributed by atoms with E-state index in [-0.39, 0.29) is 12.7 Å². The molecular weight excluding hydrogens is 450 g/mol. The molecule has 0 bridgehead atoms. The minimum absolute atomic E-state index is 0.277. The minimum atomic E-state index is -0.362. The van der Waals surface area contributed by atoms with Crippen LogP contribution in [0.2, 0.25) is 0 Å². The zero-order chi connectivity index (χ0) is 24.2. The molecule has 0 saturated carbocycles. The van der Waals surface area contributed by atoms with Crippen molar-refractivity contribution in [2.45, 2.75) is 6.54 Å². The molecule has 1 amide bonds. The van der Waals surface area contributed by atoms with Gasteiger partial charge in [-0.05, 0) is 29.8 Å². The molecule has 11 heteroatoms. The van der Waals surface area contributed by atoms with Crippen LogP contribution in [-0.2, 0) is 6.54 Å². The minimum Gasteiger partial charge on any atom is -0.496 e. The van der Waals surface area contributed by atoms with E-state index < -0.39 is 0 Å². The van der Waals surface area contributed by atoms with Crippen LogP contribution in [-0.4, -0.2) is 60.9 Å². The maximum atomic E-state index is 12.6. The first-order chi connectivity index (χ1) is 17.1. The summed E-state index contributed by atoms with van der Waals surface area (Å²) in [5, 5.41) is 0. The number of fused-ring (bicyclic) bond motifs is 1. The second-order valence-corrected chi connectivity index (χ2v) is 8.19. The quantitative estimate of drug-likeness (QED) is 0.434. The number of aromatic nitrogens is 2. The van der Waals surface area contributed by atoms with E-state index in [1.807, 2.05) is 12.1 Å². The van der Waals surface area contributed by atoms with Crippen molar-refractivity contribution in [3.63, 3.8) is 0 Å². The molecular formula is C24H27N7O4. The highest BCUT2D eigenvalue weighted by Gasteiger charge is 2.22. The van der Waals surface area contributed by atoms with Crippen LogP contribution in [0.5, 0.6) is 17.2 Å². The third kappa shape index (κ3) is 4.85. The standard InChI is InChI=1S/C24H27N7O4/c1-33-18-5-3-2-4-17(18)24(32)29-28-22-21(25)23(27-14-26-22)31-10-8-30(9-11-31)13-16-6-7-19-20(12-16)35-15-34-19/h2-7,12,14H,8-11,13,15,25H2,1H3,(H,29,32)(H,26,27,28). The summed E-state index contributed by atoms with van der Waals surface area (Å²) in [5.74, 6) is 2.67. The number of hydrazine groups is 1. The summed E-state index contributed by atoms with van der Waals surface area (Å²) < 4.78 is 16.1. The Hall–Kier alpha value is -4.25. The second kappa shape index (κ2) is 9.94. The maximum absolute atomic E-state index is 12.6. The number of carbonyl (C=O) groups excluding carboxylic acids is 1. The van der Waals surface area contributed by atoms with E-state index >= 15 is 0 Å². The zero-order valence-electron chi connectivity index (χ0n) is 19.4. The summed E-state index contributed by atoms with van der Waals surface area (Å²) in [5.41, 5.74) is 13.8. The first-order valence-electron chi connectivity index (χ1n) is 11.3. The number of nitrogens with zero attached hydrogens (tertiary/aromatic N) is 4. The molecule has 0 aliphatic carbocycles. The van der Waals surface area contributed by atoms with Gasteiger partial charge in [0.2, 0.25) is 6.79 Å². The fourth-order valence-electron chi connectivity index (χ4n) is 4.17. The second-order valence-electron chi connectivity index (χ2n) is 8.19. The van der Waals surface area contributed by atoms with Crippen LogP contribution in [0, 0.1) is 0 Å². The zero-order valence-corrected chi connectivity index (χ0v) is 19.4. The van der Waals surface area contributed by atoms with Crippen LogP contribution in [0.3, 0.4) is 0 Å². The van der Waals surface area contributed by atoms with Gasteiger partial charge in [-0.25, -0.2) is 9.97 Å². The van der Waals surface area contributed by atoms with Crippen molar-refractivity contribution in [1.29, 1.82) is 0 Å². The number of nitrogen functional groups attached to an aromatic ring is 1. The number of nitrogens with one attached hydrogen (secondary N) is 2. The fourth-order valence-corrected chi connectivity index (χ4v) is 4.17. The molecule has 35 heavy (non-hydrogen) atoms. The molecule has 0 radical (unpaired) electrons.